The lowest BCUT2D eigenvalue weighted by atomic mass is 10.0. The zero-order chi connectivity index (χ0) is 19.6. The third-order valence-corrected chi connectivity index (χ3v) is 5.45. The Morgan fingerprint density at radius 3 is 2.48 bits per heavy atom. The van der Waals surface area contributed by atoms with E-state index < -0.39 is 10.8 Å². The van der Waals surface area contributed by atoms with Gasteiger partial charge in [-0.05, 0) is 36.4 Å². The van der Waals surface area contributed by atoms with E-state index in [0.717, 1.165) is 11.3 Å². The number of ketones is 1. The molecule has 0 atom stereocenters. The van der Waals surface area contributed by atoms with Gasteiger partial charge in [-0.3, -0.25) is 19.7 Å². The molecule has 1 N–H and O–H groups in total. The maximum Gasteiger partial charge on any atom is 0.324 e. The number of carbonyl (C=O) groups excluding carboxylic acids is 2. The van der Waals surface area contributed by atoms with Crippen molar-refractivity contribution in [1.29, 1.82) is 0 Å². The summed E-state index contributed by atoms with van der Waals surface area (Å²) in [5.74, 6) is -0.891. The first-order valence-corrected chi connectivity index (χ1v) is 9.50. The Labute approximate surface area is 171 Å². The van der Waals surface area contributed by atoms with E-state index in [4.69, 9.17) is 11.6 Å². The Morgan fingerprint density at radius 2 is 1.81 bits per heavy atom. The average molecular weight is 466 g/mol. The molecule has 3 rings (SSSR count). The van der Waals surface area contributed by atoms with Crippen LogP contribution < -0.4 is 5.32 Å². The number of carbonyl (C=O) groups is 2. The number of nitrogens with one attached hydrogen (secondary N) is 1. The maximum absolute atomic E-state index is 12.9. The van der Waals surface area contributed by atoms with E-state index >= 15 is 0 Å². The molecule has 136 valence electrons. The largest absolute Gasteiger partial charge is 0.324 e. The van der Waals surface area contributed by atoms with E-state index in [1.807, 2.05) is 0 Å². The number of rotatable bonds is 5. The second-order valence-electron chi connectivity index (χ2n) is 5.35. The van der Waals surface area contributed by atoms with E-state index in [2.05, 4.69) is 21.2 Å². The van der Waals surface area contributed by atoms with Gasteiger partial charge in [-0.25, -0.2) is 0 Å². The molecule has 0 saturated carbocycles. The number of halogens is 2. The number of anilines is 1. The fourth-order valence-corrected chi connectivity index (χ4v) is 3.63. The SMILES string of the molecule is O=C(Nc1ccc(Br)cc1C(=O)c1ccccc1Cl)c1ccc([N+](=O)[O-])s1. The van der Waals surface area contributed by atoms with E-state index in [1.165, 1.54) is 12.1 Å². The number of nitro groups is 1. The minimum absolute atomic E-state index is 0.136. The normalized spacial score (nSPS) is 10.4. The fraction of sp³-hybridized carbons (Fsp3) is 0. The summed E-state index contributed by atoms with van der Waals surface area (Å²) in [6.45, 7) is 0. The van der Waals surface area contributed by atoms with Crippen LogP contribution in [0.4, 0.5) is 10.7 Å². The van der Waals surface area contributed by atoms with Crippen LogP contribution in [0.5, 0.6) is 0 Å². The van der Waals surface area contributed by atoms with Gasteiger partial charge in [0.05, 0.1) is 20.5 Å². The lowest BCUT2D eigenvalue weighted by molar-refractivity contribution is -0.380. The predicted octanol–water partition coefficient (Wildman–Crippen LogP) is 5.56. The molecule has 0 aliphatic heterocycles. The van der Waals surface area contributed by atoms with Crippen molar-refractivity contribution in [3.8, 4) is 0 Å². The Kier molecular flexibility index (Phi) is 5.69. The summed E-state index contributed by atoms with van der Waals surface area (Å²) in [4.78, 5) is 35.7. The lowest BCUT2D eigenvalue weighted by Gasteiger charge is -2.11. The summed E-state index contributed by atoms with van der Waals surface area (Å²) in [5.41, 5.74) is 0.834. The van der Waals surface area contributed by atoms with Crippen molar-refractivity contribution in [2.75, 3.05) is 5.32 Å². The predicted molar refractivity (Wildman–Crippen MR) is 108 cm³/mol. The van der Waals surface area contributed by atoms with E-state index in [0.29, 0.717) is 15.1 Å². The molecule has 0 fully saturated rings. The van der Waals surface area contributed by atoms with Gasteiger partial charge in [-0.2, -0.15) is 0 Å². The first-order chi connectivity index (χ1) is 12.9. The Bertz CT molecular complexity index is 1070. The topological polar surface area (TPSA) is 89.3 Å². The van der Waals surface area contributed by atoms with Crippen LogP contribution in [-0.2, 0) is 0 Å². The molecular weight excluding hydrogens is 456 g/mol. The summed E-state index contributed by atoms with van der Waals surface area (Å²) >= 11 is 10.2. The third kappa shape index (κ3) is 4.24. The highest BCUT2D eigenvalue weighted by molar-refractivity contribution is 9.10. The first-order valence-electron chi connectivity index (χ1n) is 7.51. The summed E-state index contributed by atoms with van der Waals surface area (Å²) in [6.07, 6.45) is 0. The van der Waals surface area contributed by atoms with Crippen LogP contribution in [-0.4, -0.2) is 16.6 Å². The highest BCUT2D eigenvalue weighted by Crippen LogP contribution is 2.29. The van der Waals surface area contributed by atoms with Gasteiger partial charge in [0.2, 0.25) is 0 Å². The number of thiophene rings is 1. The molecule has 1 aromatic heterocycles. The van der Waals surface area contributed by atoms with Gasteiger partial charge in [0, 0.05) is 21.7 Å². The van der Waals surface area contributed by atoms with Gasteiger partial charge < -0.3 is 5.32 Å². The molecule has 0 radical (unpaired) electrons. The molecule has 0 unspecified atom stereocenters. The van der Waals surface area contributed by atoms with Gasteiger partial charge in [-0.15, -0.1) is 0 Å². The summed E-state index contributed by atoms with van der Waals surface area (Å²) in [7, 11) is 0. The highest BCUT2D eigenvalue weighted by atomic mass is 79.9. The van der Waals surface area contributed by atoms with Crippen molar-refractivity contribution in [1.82, 2.24) is 0 Å². The molecule has 1 amide bonds. The number of hydrogen-bond acceptors (Lipinski definition) is 5. The van der Waals surface area contributed by atoms with Gasteiger partial charge in [-0.1, -0.05) is 51.0 Å². The lowest BCUT2D eigenvalue weighted by Crippen LogP contribution is -2.14. The van der Waals surface area contributed by atoms with E-state index in [9.17, 15) is 19.7 Å². The quantitative estimate of drug-likeness (QED) is 0.304. The van der Waals surface area contributed by atoms with Gasteiger partial charge in [0.15, 0.2) is 5.78 Å². The minimum Gasteiger partial charge on any atom is -0.321 e. The Morgan fingerprint density at radius 1 is 1.07 bits per heavy atom. The Hall–Kier alpha value is -2.55. The number of hydrogen-bond donors (Lipinski definition) is 1. The second kappa shape index (κ2) is 7.99. The van der Waals surface area contributed by atoms with Crippen molar-refractivity contribution >= 4 is 61.2 Å². The molecule has 0 saturated heterocycles. The molecule has 6 nitrogen and oxygen atoms in total. The van der Waals surface area contributed by atoms with Crippen molar-refractivity contribution in [3.05, 3.63) is 90.2 Å². The molecule has 0 aliphatic carbocycles. The molecule has 0 bridgehead atoms. The third-order valence-electron chi connectivity index (χ3n) is 3.59. The van der Waals surface area contributed by atoms with E-state index in [1.54, 1.807) is 42.5 Å². The molecule has 27 heavy (non-hydrogen) atoms. The highest BCUT2D eigenvalue weighted by Gasteiger charge is 2.20. The van der Waals surface area contributed by atoms with Crippen LogP contribution in [0.25, 0.3) is 0 Å². The summed E-state index contributed by atoms with van der Waals surface area (Å²) in [6, 6.07) is 14.1. The second-order valence-corrected chi connectivity index (χ2v) is 7.73. The molecule has 0 aliphatic rings. The summed E-state index contributed by atoms with van der Waals surface area (Å²) < 4.78 is 0.655. The molecule has 1 heterocycles. The molecule has 3 aromatic rings. The van der Waals surface area contributed by atoms with Gasteiger partial charge in [0.25, 0.3) is 5.91 Å². The van der Waals surface area contributed by atoms with Crippen LogP contribution in [0.2, 0.25) is 5.02 Å². The van der Waals surface area contributed by atoms with Crippen molar-refractivity contribution in [2.45, 2.75) is 0 Å². The first kappa shape index (κ1) is 19.2. The van der Waals surface area contributed by atoms with Crippen LogP contribution in [0.3, 0.4) is 0 Å². The number of amides is 1. The number of nitrogens with zero attached hydrogens (tertiary/aromatic N) is 1. The zero-order valence-corrected chi connectivity index (χ0v) is 16.6. The molecule has 0 spiro atoms. The van der Waals surface area contributed by atoms with Crippen molar-refractivity contribution in [3.63, 3.8) is 0 Å². The fourth-order valence-electron chi connectivity index (χ4n) is 2.34. The molecule has 9 heteroatoms. The smallest absolute Gasteiger partial charge is 0.321 e. The average Bonchev–Trinajstić information content (AvgIpc) is 3.13. The van der Waals surface area contributed by atoms with Gasteiger partial charge >= 0.3 is 5.00 Å². The molecule has 2 aromatic carbocycles. The van der Waals surface area contributed by atoms with E-state index in [-0.39, 0.29) is 26.9 Å². The Balaban J connectivity index is 1.94. The van der Waals surface area contributed by atoms with Gasteiger partial charge in [0.1, 0.15) is 0 Å². The molecular formula is C18H10BrClN2O4S. The van der Waals surface area contributed by atoms with Crippen LogP contribution in [0, 0.1) is 10.1 Å². The maximum atomic E-state index is 12.9. The minimum atomic E-state index is -0.562. The zero-order valence-electron chi connectivity index (χ0n) is 13.4. The van der Waals surface area contributed by atoms with Crippen molar-refractivity contribution in [2.24, 2.45) is 0 Å². The van der Waals surface area contributed by atoms with Crippen molar-refractivity contribution < 1.29 is 14.5 Å². The van der Waals surface area contributed by atoms with Crippen LogP contribution in [0.15, 0.2) is 59.1 Å². The standard InChI is InChI=1S/C18H10BrClN2O4S/c19-10-5-6-14(21-18(24)15-7-8-16(27-15)22(25)26)12(9-10)17(23)11-3-1-2-4-13(11)20/h1-9H,(H,21,24). The van der Waals surface area contributed by atoms with Crippen LogP contribution in [0.1, 0.15) is 25.6 Å². The van der Waals surface area contributed by atoms with Crippen LogP contribution >= 0.6 is 38.9 Å². The number of benzene rings is 2. The monoisotopic (exact) mass is 464 g/mol. The summed E-state index contributed by atoms with van der Waals surface area (Å²) in [5, 5.41) is 13.6.